The molecule has 88 valence electrons. The van der Waals surface area contributed by atoms with Gasteiger partial charge in [0, 0.05) is 6.04 Å². The molecule has 1 heterocycles. The molecular formula is C9H13N3O3S. The van der Waals surface area contributed by atoms with Gasteiger partial charge in [0.15, 0.2) is 5.16 Å². The highest BCUT2D eigenvalue weighted by Gasteiger charge is 2.49. The summed E-state index contributed by atoms with van der Waals surface area (Å²) in [7, 11) is 0. The van der Waals surface area contributed by atoms with Crippen molar-refractivity contribution in [3.05, 3.63) is 10.5 Å². The van der Waals surface area contributed by atoms with Crippen LogP contribution in [0.4, 0.5) is 0 Å². The quantitative estimate of drug-likeness (QED) is 0.761. The van der Waals surface area contributed by atoms with Crippen LogP contribution in [0.2, 0.25) is 0 Å². The van der Waals surface area contributed by atoms with E-state index in [0.717, 1.165) is 18.2 Å². The first-order valence-electron chi connectivity index (χ1n) is 4.93. The minimum atomic E-state index is -0.915. The average molecular weight is 243 g/mol. The first-order valence-corrected chi connectivity index (χ1v) is 5.92. The van der Waals surface area contributed by atoms with E-state index >= 15 is 0 Å². The van der Waals surface area contributed by atoms with Gasteiger partial charge in [-0.2, -0.15) is 0 Å². The van der Waals surface area contributed by atoms with E-state index in [2.05, 4.69) is 24.0 Å². The molecule has 0 bridgehead atoms. The van der Waals surface area contributed by atoms with Crippen molar-refractivity contribution < 1.29 is 9.90 Å². The van der Waals surface area contributed by atoms with E-state index in [0.29, 0.717) is 5.16 Å². The maximum Gasteiger partial charge on any atom is 0.344 e. The Morgan fingerprint density at radius 3 is 2.88 bits per heavy atom. The molecule has 16 heavy (non-hydrogen) atoms. The molecule has 7 heteroatoms. The number of aliphatic carboxylic acids is 1. The van der Waals surface area contributed by atoms with Gasteiger partial charge in [-0.3, -0.25) is 9.36 Å². The van der Waals surface area contributed by atoms with Gasteiger partial charge in [0.25, 0.3) is 0 Å². The van der Waals surface area contributed by atoms with Crippen LogP contribution < -0.4 is 5.69 Å². The summed E-state index contributed by atoms with van der Waals surface area (Å²) in [6.45, 7) is 4.14. The topological polar surface area (TPSA) is 88.0 Å². The number of aromatic nitrogens is 3. The normalized spacial score (nSPS) is 22.0. The molecule has 1 aliphatic rings. The van der Waals surface area contributed by atoms with Crippen LogP contribution in [0.15, 0.2) is 9.95 Å². The lowest BCUT2D eigenvalue weighted by Gasteiger charge is -2.05. The molecular weight excluding hydrogens is 230 g/mol. The van der Waals surface area contributed by atoms with Crippen molar-refractivity contribution >= 4 is 17.7 Å². The smallest absolute Gasteiger partial charge is 0.344 e. The third kappa shape index (κ3) is 1.99. The standard InChI is InChI=1S/C9H13N3O3S/c1-9(2)3-5(9)12-7(15)10-11-8(12)16-4-6(13)14/h5H,3-4H2,1-2H3,(H,10,15)(H,13,14). The number of hydrogen-bond acceptors (Lipinski definition) is 4. The number of hydrogen-bond donors (Lipinski definition) is 2. The van der Waals surface area contributed by atoms with Gasteiger partial charge in [-0.1, -0.05) is 25.6 Å². The fourth-order valence-electron chi connectivity index (χ4n) is 1.67. The number of H-pyrrole nitrogens is 1. The van der Waals surface area contributed by atoms with Gasteiger partial charge in [-0.25, -0.2) is 9.89 Å². The van der Waals surface area contributed by atoms with Crippen LogP contribution in [0.5, 0.6) is 0 Å². The van der Waals surface area contributed by atoms with Crippen molar-refractivity contribution in [2.24, 2.45) is 5.41 Å². The molecule has 6 nitrogen and oxygen atoms in total. The molecule has 0 amide bonds. The van der Waals surface area contributed by atoms with Crippen LogP contribution in [-0.2, 0) is 4.79 Å². The highest BCUT2D eigenvalue weighted by atomic mass is 32.2. The summed E-state index contributed by atoms with van der Waals surface area (Å²) < 4.78 is 1.56. The molecule has 0 aliphatic heterocycles. The number of rotatable bonds is 4. The molecule has 1 saturated carbocycles. The summed E-state index contributed by atoms with van der Waals surface area (Å²) in [5.74, 6) is -1.00. The molecule has 1 atom stereocenters. The molecule has 1 fully saturated rings. The minimum Gasteiger partial charge on any atom is -0.481 e. The molecule has 0 radical (unpaired) electrons. The molecule has 2 N–H and O–H groups in total. The zero-order valence-corrected chi connectivity index (χ0v) is 9.87. The molecule has 0 spiro atoms. The Balaban J connectivity index is 2.21. The van der Waals surface area contributed by atoms with Crippen LogP contribution in [0, 0.1) is 5.41 Å². The molecule has 1 aromatic heterocycles. The van der Waals surface area contributed by atoms with E-state index in [-0.39, 0.29) is 22.9 Å². The lowest BCUT2D eigenvalue weighted by atomic mass is 10.2. The van der Waals surface area contributed by atoms with Gasteiger partial charge in [-0.05, 0) is 11.8 Å². The summed E-state index contributed by atoms with van der Waals surface area (Å²) in [6, 6.07) is 0.134. The first-order chi connectivity index (χ1) is 7.42. The van der Waals surface area contributed by atoms with Gasteiger partial charge < -0.3 is 5.11 Å². The molecule has 1 aliphatic carbocycles. The third-order valence-corrected chi connectivity index (χ3v) is 3.71. The van der Waals surface area contributed by atoms with Crippen molar-refractivity contribution in [1.29, 1.82) is 0 Å². The fourth-order valence-corrected chi connectivity index (χ4v) is 2.39. The largest absolute Gasteiger partial charge is 0.481 e. The Morgan fingerprint density at radius 2 is 2.38 bits per heavy atom. The summed E-state index contributed by atoms with van der Waals surface area (Å²) >= 11 is 1.07. The predicted molar refractivity (Wildman–Crippen MR) is 58.6 cm³/mol. The third-order valence-electron chi connectivity index (χ3n) is 2.77. The van der Waals surface area contributed by atoms with Gasteiger partial charge in [0.1, 0.15) is 0 Å². The monoisotopic (exact) mass is 243 g/mol. The van der Waals surface area contributed by atoms with E-state index in [1.54, 1.807) is 4.57 Å². The van der Waals surface area contributed by atoms with E-state index in [4.69, 9.17) is 5.11 Å². The number of nitrogens with one attached hydrogen (secondary N) is 1. The van der Waals surface area contributed by atoms with Crippen molar-refractivity contribution in [2.45, 2.75) is 31.5 Å². The second kappa shape index (κ2) is 3.65. The maximum absolute atomic E-state index is 11.5. The average Bonchev–Trinajstić information content (AvgIpc) is 2.64. The summed E-state index contributed by atoms with van der Waals surface area (Å²) in [5, 5.41) is 15.2. The van der Waals surface area contributed by atoms with Crippen molar-refractivity contribution in [3.8, 4) is 0 Å². The lowest BCUT2D eigenvalue weighted by Crippen LogP contribution is -2.18. The predicted octanol–water partition coefficient (Wildman–Crippen LogP) is 0.719. The number of thioether (sulfide) groups is 1. The number of carboxylic acids is 1. The Hall–Kier alpha value is -1.24. The zero-order chi connectivity index (χ0) is 11.9. The summed E-state index contributed by atoms with van der Waals surface area (Å²) in [6.07, 6.45) is 0.924. The highest BCUT2D eigenvalue weighted by Crippen LogP contribution is 2.55. The molecule has 2 rings (SSSR count). The van der Waals surface area contributed by atoms with Crippen LogP contribution in [0.1, 0.15) is 26.3 Å². The zero-order valence-electron chi connectivity index (χ0n) is 9.06. The van der Waals surface area contributed by atoms with Crippen molar-refractivity contribution in [2.75, 3.05) is 5.75 Å². The van der Waals surface area contributed by atoms with Crippen LogP contribution in [-0.4, -0.2) is 31.6 Å². The Kier molecular flexibility index (Phi) is 2.57. The van der Waals surface area contributed by atoms with E-state index in [1.807, 2.05) is 0 Å². The second-order valence-electron chi connectivity index (χ2n) is 4.57. The second-order valence-corrected chi connectivity index (χ2v) is 5.51. The van der Waals surface area contributed by atoms with Crippen molar-refractivity contribution in [3.63, 3.8) is 0 Å². The number of nitrogens with zero attached hydrogens (tertiary/aromatic N) is 2. The van der Waals surface area contributed by atoms with Crippen LogP contribution in [0.25, 0.3) is 0 Å². The minimum absolute atomic E-state index is 0.0859. The Labute approximate surface area is 96.0 Å². The SMILES string of the molecule is CC1(C)CC1n1c(SCC(=O)O)n[nH]c1=O. The number of carbonyl (C=O) groups is 1. The van der Waals surface area contributed by atoms with Crippen LogP contribution in [0.3, 0.4) is 0 Å². The van der Waals surface area contributed by atoms with Crippen molar-refractivity contribution in [1.82, 2.24) is 14.8 Å². The van der Waals surface area contributed by atoms with E-state index < -0.39 is 5.97 Å². The van der Waals surface area contributed by atoms with E-state index in [9.17, 15) is 9.59 Å². The summed E-state index contributed by atoms with van der Waals surface area (Å²) in [5.41, 5.74) is -0.157. The lowest BCUT2D eigenvalue weighted by molar-refractivity contribution is -0.133. The summed E-state index contributed by atoms with van der Waals surface area (Å²) in [4.78, 5) is 22.0. The van der Waals surface area contributed by atoms with Crippen LogP contribution >= 0.6 is 11.8 Å². The molecule has 0 aromatic carbocycles. The van der Waals surface area contributed by atoms with Gasteiger partial charge in [0.2, 0.25) is 0 Å². The molecule has 1 aromatic rings. The number of carboxylic acid groups (broad SMARTS) is 1. The fraction of sp³-hybridized carbons (Fsp3) is 0.667. The first kappa shape index (κ1) is 11.3. The highest BCUT2D eigenvalue weighted by molar-refractivity contribution is 7.99. The van der Waals surface area contributed by atoms with Gasteiger partial charge >= 0.3 is 11.7 Å². The Bertz CT molecular complexity index is 477. The number of aromatic amines is 1. The van der Waals surface area contributed by atoms with Gasteiger partial charge in [-0.15, -0.1) is 5.10 Å². The van der Waals surface area contributed by atoms with E-state index in [1.165, 1.54) is 0 Å². The Morgan fingerprint density at radius 1 is 1.75 bits per heavy atom. The molecule has 1 unspecified atom stereocenters. The molecule has 0 saturated heterocycles. The maximum atomic E-state index is 11.5. The van der Waals surface area contributed by atoms with Gasteiger partial charge in [0.05, 0.1) is 5.75 Å².